The predicted octanol–water partition coefficient (Wildman–Crippen LogP) is 7.27. The number of hydrogen-bond donors (Lipinski definition) is 0. The van der Waals surface area contributed by atoms with Gasteiger partial charge < -0.3 is 0 Å². The Morgan fingerprint density at radius 1 is 1.15 bits per heavy atom. The van der Waals surface area contributed by atoms with Gasteiger partial charge in [0.25, 0.3) is 0 Å². The summed E-state index contributed by atoms with van der Waals surface area (Å²) in [4.78, 5) is 0.552. The lowest BCUT2D eigenvalue weighted by Gasteiger charge is -2.16. The second-order valence-electron chi connectivity index (χ2n) is 3.86. The second-order valence-corrected chi connectivity index (χ2v) is 8.02. The molecule has 20 heavy (non-hydrogen) atoms. The standard InChI is InChI=1S/C12H5Br2Cl2F3S/c13-5-1-2-6(7(3-5)12(17,18)19)10(16)9-4-8(15)11(14)20-9/h1-4,10H. The maximum atomic E-state index is 13.1. The first-order chi connectivity index (χ1) is 9.20. The highest BCUT2D eigenvalue weighted by atomic mass is 79.9. The fraction of sp³-hybridized carbons (Fsp3) is 0.167. The molecule has 1 aromatic heterocycles. The Bertz CT molecular complexity index is 621. The summed E-state index contributed by atoms with van der Waals surface area (Å²) in [6.45, 7) is 0. The summed E-state index contributed by atoms with van der Waals surface area (Å²) >= 11 is 19.6. The normalized spacial score (nSPS) is 13.6. The average molecular weight is 469 g/mol. The maximum absolute atomic E-state index is 13.1. The third kappa shape index (κ3) is 3.53. The number of rotatable bonds is 2. The molecule has 8 heteroatoms. The minimum absolute atomic E-state index is 0.00721. The Kier molecular flexibility index (Phi) is 5.12. The van der Waals surface area contributed by atoms with Crippen LogP contribution in [0.3, 0.4) is 0 Å². The van der Waals surface area contributed by atoms with Crippen molar-refractivity contribution in [3.8, 4) is 0 Å². The summed E-state index contributed by atoms with van der Waals surface area (Å²) in [7, 11) is 0. The Morgan fingerprint density at radius 2 is 1.80 bits per heavy atom. The molecule has 1 aromatic carbocycles. The first-order valence-corrected chi connectivity index (χ1v) is 8.37. The van der Waals surface area contributed by atoms with Crippen LogP contribution < -0.4 is 0 Å². The van der Waals surface area contributed by atoms with Gasteiger partial charge in [0.05, 0.1) is 19.7 Å². The molecular formula is C12H5Br2Cl2F3S. The molecule has 1 atom stereocenters. The van der Waals surface area contributed by atoms with Gasteiger partial charge in [-0.2, -0.15) is 13.2 Å². The first-order valence-electron chi connectivity index (χ1n) is 5.15. The van der Waals surface area contributed by atoms with E-state index in [1.807, 2.05) is 0 Å². The lowest BCUT2D eigenvalue weighted by Crippen LogP contribution is -2.10. The quantitative estimate of drug-likeness (QED) is 0.406. The minimum atomic E-state index is -4.47. The molecule has 1 heterocycles. The molecule has 0 radical (unpaired) electrons. The number of alkyl halides is 4. The summed E-state index contributed by atoms with van der Waals surface area (Å²) in [5.74, 6) is 0. The third-order valence-electron chi connectivity index (χ3n) is 2.51. The number of thiophene rings is 1. The second kappa shape index (κ2) is 6.16. The van der Waals surface area contributed by atoms with Crippen LogP contribution in [0, 0.1) is 0 Å². The third-order valence-corrected chi connectivity index (χ3v) is 6.14. The van der Waals surface area contributed by atoms with Crippen molar-refractivity contribution in [1.82, 2.24) is 0 Å². The van der Waals surface area contributed by atoms with Crippen LogP contribution in [0.25, 0.3) is 0 Å². The molecule has 1 unspecified atom stereocenters. The van der Waals surface area contributed by atoms with Crippen LogP contribution in [0.1, 0.15) is 21.4 Å². The van der Waals surface area contributed by atoms with Crippen LogP contribution in [-0.4, -0.2) is 0 Å². The molecule has 0 aliphatic heterocycles. The van der Waals surface area contributed by atoms with E-state index in [4.69, 9.17) is 23.2 Å². The first kappa shape index (κ1) is 16.6. The molecule has 0 amide bonds. The van der Waals surface area contributed by atoms with Crippen molar-refractivity contribution in [1.29, 1.82) is 0 Å². The molecule has 108 valence electrons. The van der Waals surface area contributed by atoms with E-state index in [2.05, 4.69) is 31.9 Å². The van der Waals surface area contributed by atoms with Gasteiger partial charge in [-0.15, -0.1) is 22.9 Å². The number of benzene rings is 1. The zero-order valence-electron chi connectivity index (χ0n) is 9.44. The zero-order chi connectivity index (χ0) is 15.1. The molecule has 2 aromatic rings. The van der Waals surface area contributed by atoms with Crippen molar-refractivity contribution < 1.29 is 13.2 Å². The smallest absolute Gasteiger partial charge is 0.166 e. The molecule has 0 aliphatic carbocycles. The van der Waals surface area contributed by atoms with Crippen molar-refractivity contribution in [2.75, 3.05) is 0 Å². The molecule has 0 N–H and O–H groups in total. The fourth-order valence-electron chi connectivity index (χ4n) is 1.64. The Morgan fingerprint density at radius 3 is 2.30 bits per heavy atom. The van der Waals surface area contributed by atoms with Gasteiger partial charge >= 0.3 is 6.18 Å². The lowest BCUT2D eigenvalue weighted by atomic mass is 10.0. The predicted molar refractivity (Wildman–Crippen MR) is 83.9 cm³/mol. The van der Waals surface area contributed by atoms with Crippen LogP contribution in [0.15, 0.2) is 32.5 Å². The van der Waals surface area contributed by atoms with Gasteiger partial charge in [0.2, 0.25) is 0 Å². The van der Waals surface area contributed by atoms with Gasteiger partial charge in [-0.1, -0.05) is 33.6 Å². The van der Waals surface area contributed by atoms with Gasteiger partial charge in [0.15, 0.2) is 0 Å². The molecule has 0 fully saturated rings. The van der Waals surface area contributed by atoms with Crippen LogP contribution in [0.5, 0.6) is 0 Å². The van der Waals surface area contributed by atoms with E-state index in [1.54, 1.807) is 6.07 Å². The van der Waals surface area contributed by atoms with E-state index in [9.17, 15) is 13.2 Å². The van der Waals surface area contributed by atoms with Crippen LogP contribution >= 0.6 is 66.4 Å². The van der Waals surface area contributed by atoms with Crippen molar-refractivity contribution >= 4 is 66.4 Å². The van der Waals surface area contributed by atoms with Crippen molar-refractivity contribution in [3.63, 3.8) is 0 Å². The van der Waals surface area contributed by atoms with Crippen molar-refractivity contribution in [2.24, 2.45) is 0 Å². The van der Waals surface area contributed by atoms with E-state index in [1.165, 1.54) is 23.5 Å². The molecular weight excluding hydrogens is 464 g/mol. The summed E-state index contributed by atoms with van der Waals surface area (Å²) in [5.41, 5.74) is -0.750. The van der Waals surface area contributed by atoms with Gasteiger partial charge in [0.1, 0.15) is 0 Å². The fourth-order valence-corrected chi connectivity index (χ4v) is 4.13. The van der Waals surface area contributed by atoms with E-state index >= 15 is 0 Å². The van der Waals surface area contributed by atoms with Gasteiger partial charge in [-0.25, -0.2) is 0 Å². The van der Waals surface area contributed by atoms with Gasteiger partial charge in [-0.05, 0) is 39.7 Å². The number of hydrogen-bond acceptors (Lipinski definition) is 1. The van der Waals surface area contributed by atoms with Crippen molar-refractivity contribution in [2.45, 2.75) is 11.6 Å². The molecule has 0 spiro atoms. The van der Waals surface area contributed by atoms with E-state index in [-0.39, 0.29) is 5.56 Å². The molecule has 2 rings (SSSR count). The molecule has 0 nitrogen and oxygen atoms in total. The van der Waals surface area contributed by atoms with Crippen molar-refractivity contribution in [3.05, 3.63) is 53.6 Å². The molecule has 0 bridgehead atoms. The monoisotopic (exact) mass is 466 g/mol. The van der Waals surface area contributed by atoms with E-state index in [0.29, 0.717) is 18.2 Å². The van der Waals surface area contributed by atoms with Gasteiger partial charge in [-0.3, -0.25) is 0 Å². The van der Waals surface area contributed by atoms with E-state index < -0.39 is 17.1 Å². The SMILES string of the molecule is FC(F)(F)c1cc(Br)ccc1C(Cl)c1cc(Cl)c(Br)s1. The summed E-state index contributed by atoms with van der Waals surface area (Å²) in [5, 5.41) is -0.477. The van der Waals surface area contributed by atoms with E-state index in [0.717, 1.165) is 6.07 Å². The summed E-state index contributed by atoms with van der Waals surface area (Å²) < 4.78 is 40.2. The van der Waals surface area contributed by atoms with Crippen LogP contribution in [0.4, 0.5) is 13.2 Å². The highest BCUT2D eigenvalue weighted by Crippen LogP contribution is 2.44. The Labute approximate surface area is 144 Å². The highest BCUT2D eigenvalue weighted by Gasteiger charge is 2.35. The number of halogens is 7. The molecule has 0 saturated carbocycles. The lowest BCUT2D eigenvalue weighted by molar-refractivity contribution is -0.138. The van der Waals surface area contributed by atoms with Crippen LogP contribution in [-0.2, 0) is 6.18 Å². The summed E-state index contributed by atoms with van der Waals surface area (Å²) in [6.07, 6.45) is -4.47. The highest BCUT2D eigenvalue weighted by molar-refractivity contribution is 9.11. The van der Waals surface area contributed by atoms with Gasteiger partial charge in [0, 0.05) is 9.35 Å². The zero-order valence-corrected chi connectivity index (χ0v) is 14.9. The maximum Gasteiger partial charge on any atom is 0.416 e. The average Bonchev–Trinajstić information content (AvgIpc) is 2.67. The largest absolute Gasteiger partial charge is 0.416 e. The molecule has 0 saturated heterocycles. The Balaban J connectivity index is 2.52. The Hall–Kier alpha value is 0.250. The minimum Gasteiger partial charge on any atom is -0.166 e. The van der Waals surface area contributed by atoms with Crippen LogP contribution in [0.2, 0.25) is 5.02 Å². The molecule has 0 aliphatic rings. The summed E-state index contributed by atoms with van der Waals surface area (Å²) in [6, 6.07) is 5.49. The topological polar surface area (TPSA) is 0 Å².